The Bertz CT molecular complexity index is 415. The average Bonchev–Trinajstić information content (AvgIpc) is 2.97. The monoisotopic (exact) mass is 302 g/mol. The zero-order valence-electron chi connectivity index (χ0n) is 8.62. The lowest BCUT2D eigenvalue weighted by Gasteiger charge is -2.16. The summed E-state index contributed by atoms with van der Waals surface area (Å²) >= 11 is 9.50. The van der Waals surface area contributed by atoms with Gasteiger partial charge in [0.2, 0.25) is 0 Å². The smallest absolute Gasteiger partial charge is 0.303 e. The molecular weight excluding hydrogens is 291 g/mol. The van der Waals surface area contributed by atoms with Crippen molar-refractivity contribution >= 4 is 33.5 Å². The fraction of sp³-hybridized carbons (Fsp3) is 0.417. The summed E-state index contributed by atoms with van der Waals surface area (Å²) in [5.41, 5.74) is 0.967. The largest absolute Gasteiger partial charge is 0.481 e. The van der Waals surface area contributed by atoms with E-state index in [1.807, 2.05) is 18.2 Å². The van der Waals surface area contributed by atoms with Crippen molar-refractivity contribution in [1.82, 2.24) is 0 Å². The van der Waals surface area contributed by atoms with Crippen molar-refractivity contribution in [3.8, 4) is 0 Å². The number of carboxylic acids is 1. The highest BCUT2D eigenvalue weighted by Crippen LogP contribution is 2.46. The van der Waals surface area contributed by atoms with E-state index in [4.69, 9.17) is 16.7 Å². The van der Waals surface area contributed by atoms with Crippen molar-refractivity contribution in [2.75, 3.05) is 0 Å². The molecule has 0 aliphatic heterocycles. The van der Waals surface area contributed by atoms with Gasteiger partial charge in [0, 0.05) is 9.50 Å². The molecule has 1 N–H and O–H groups in total. The first kappa shape index (κ1) is 11.9. The van der Waals surface area contributed by atoms with Gasteiger partial charge < -0.3 is 5.11 Å². The Kier molecular flexibility index (Phi) is 3.55. The second-order valence-corrected chi connectivity index (χ2v) is 5.53. The van der Waals surface area contributed by atoms with Gasteiger partial charge in [0.05, 0.1) is 6.42 Å². The molecule has 16 heavy (non-hydrogen) atoms. The average molecular weight is 304 g/mol. The number of rotatable bonds is 4. The number of carboxylic acid groups (broad SMARTS) is 1. The van der Waals surface area contributed by atoms with Crippen LogP contribution in [-0.2, 0) is 4.79 Å². The summed E-state index contributed by atoms with van der Waals surface area (Å²) in [6, 6.07) is 5.67. The summed E-state index contributed by atoms with van der Waals surface area (Å²) in [6.07, 6.45) is 2.40. The van der Waals surface area contributed by atoms with Gasteiger partial charge in [-0.3, -0.25) is 4.79 Å². The van der Waals surface area contributed by atoms with E-state index in [9.17, 15) is 4.79 Å². The van der Waals surface area contributed by atoms with Crippen molar-refractivity contribution in [3.63, 3.8) is 0 Å². The van der Waals surface area contributed by atoms with Crippen molar-refractivity contribution in [2.45, 2.75) is 25.2 Å². The number of carbonyl (C=O) groups is 1. The minimum atomic E-state index is -0.754. The summed E-state index contributed by atoms with van der Waals surface area (Å²) in [7, 11) is 0. The Morgan fingerprint density at radius 1 is 1.56 bits per heavy atom. The zero-order chi connectivity index (χ0) is 11.7. The summed E-state index contributed by atoms with van der Waals surface area (Å²) in [5.74, 6) is -0.191. The molecule has 1 atom stereocenters. The van der Waals surface area contributed by atoms with E-state index in [1.54, 1.807) is 0 Å². The first-order valence-electron chi connectivity index (χ1n) is 5.24. The Balaban J connectivity index is 2.27. The lowest BCUT2D eigenvalue weighted by Crippen LogP contribution is -2.08. The maximum atomic E-state index is 10.8. The minimum Gasteiger partial charge on any atom is -0.481 e. The predicted molar refractivity (Wildman–Crippen MR) is 66.9 cm³/mol. The highest BCUT2D eigenvalue weighted by atomic mass is 79.9. The Morgan fingerprint density at radius 3 is 2.75 bits per heavy atom. The quantitative estimate of drug-likeness (QED) is 0.910. The summed E-state index contributed by atoms with van der Waals surface area (Å²) < 4.78 is 0.922. The molecule has 4 heteroatoms. The van der Waals surface area contributed by atoms with Crippen LogP contribution in [0.15, 0.2) is 22.7 Å². The summed E-state index contributed by atoms with van der Waals surface area (Å²) in [4.78, 5) is 10.8. The number of halogens is 2. The van der Waals surface area contributed by atoms with Crippen molar-refractivity contribution < 1.29 is 9.90 Å². The van der Waals surface area contributed by atoms with Gasteiger partial charge in [-0.15, -0.1) is 0 Å². The standard InChI is InChI=1S/C12H12BrClO2/c13-8-3-4-9(11(14)5-8)10(6-12(15)16)7-1-2-7/h3-5,7,10H,1-2,6H2,(H,15,16). The summed E-state index contributed by atoms with van der Waals surface area (Å²) in [5, 5.41) is 9.57. The molecule has 0 amide bonds. The van der Waals surface area contributed by atoms with E-state index < -0.39 is 5.97 Å². The molecule has 0 saturated heterocycles. The van der Waals surface area contributed by atoms with Crippen molar-refractivity contribution in [1.29, 1.82) is 0 Å². The highest BCUT2D eigenvalue weighted by molar-refractivity contribution is 9.10. The third-order valence-electron chi connectivity index (χ3n) is 2.95. The number of hydrogen-bond donors (Lipinski definition) is 1. The first-order valence-corrected chi connectivity index (χ1v) is 6.41. The van der Waals surface area contributed by atoms with Gasteiger partial charge in [0.15, 0.2) is 0 Å². The van der Waals surface area contributed by atoms with Gasteiger partial charge in [-0.1, -0.05) is 33.6 Å². The van der Waals surface area contributed by atoms with Crippen molar-refractivity contribution in [2.24, 2.45) is 5.92 Å². The van der Waals surface area contributed by atoms with E-state index in [0.29, 0.717) is 10.9 Å². The van der Waals surface area contributed by atoms with Crippen LogP contribution in [0.3, 0.4) is 0 Å². The minimum absolute atomic E-state index is 0.0677. The van der Waals surface area contributed by atoms with Gasteiger partial charge in [0.1, 0.15) is 0 Å². The molecule has 0 bridgehead atoms. The Labute approximate surface area is 108 Å². The SMILES string of the molecule is O=C(O)CC(c1ccc(Br)cc1Cl)C1CC1. The zero-order valence-corrected chi connectivity index (χ0v) is 11.0. The van der Waals surface area contributed by atoms with Gasteiger partial charge in [-0.25, -0.2) is 0 Å². The molecule has 1 aliphatic rings. The molecule has 0 radical (unpaired) electrons. The van der Waals surface area contributed by atoms with Crippen LogP contribution < -0.4 is 0 Å². The maximum Gasteiger partial charge on any atom is 0.303 e. The van der Waals surface area contributed by atoms with Crippen molar-refractivity contribution in [3.05, 3.63) is 33.3 Å². The lowest BCUT2D eigenvalue weighted by molar-refractivity contribution is -0.137. The topological polar surface area (TPSA) is 37.3 Å². The second-order valence-electron chi connectivity index (χ2n) is 4.21. The van der Waals surface area contributed by atoms with Gasteiger partial charge >= 0.3 is 5.97 Å². The molecule has 2 nitrogen and oxygen atoms in total. The fourth-order valence-electron chi connectivity index (χ4n) is 2.02. The molecular formula is C12H12BrClO2. The van der Waals surface area contributed by atoms with E-state index in [2.05, 4.69) is 15.9 Å². The van der Waals surface area contributed by atoms with Crippen LogP contribution in [0.5, 0.6) is 0 Å². The second kappa shape index (κ2) is 4.76. The third-order valence-corrected chi connectivity index (χ3v) is 3.77. The number of benzene rings is 1. The number of aliphatic carboxylic acids is 1. The van der Waals surface area contributed by atoms with Crippen LogP contribution in [0.1, 0.15) is 30.7 Å². The maximum absolute atomic E-state index is 10.8. The molecule has 1 fully saturated rings. The Hall–Kier alpha value is -0.540. The highest BCUT2D eigenvalue weighted by Gasteiger charge is 2.34. The molecule has 0 spiro atoms. The molecule has 2 rings (SSSR count). The molecule has 1 aromatic carbocycles. The van der Waals surface area contributed by atoms with Crippen LogP contribution in [0.2, 0.25) is 5.02 Å². The Morgan fingerprint density at radius 2 is 2.25 bits per heavy atom. The fourth-order valence-corrected chi connectivity index (χ4v) is 2.83. The normalized spacial score (nSPS) is 17.1. The molecule has 1 saturated carbocycles. The lowest BCUT2D eigenvalue weighted by atomic mass is 9.91. The van der Waals surface area contributed by atoms with Crippen LogP contribution >= 0.6 is 27.5 Å². The van der Waals surface area contributed by atoms with E-state index in [1.165, 1.54) is 0 Å². The van der Waals surface area contributed by atoms with Gasteiger partial charge in [-0.05, 0) is 42.4 Å². The summed E-state index contributed by atoms with van der Waals surface area (Å²) in [6.45, 7) is 0. The molecule has 1 unspecified atom stereocenters. The molecule has 1 aliphatic carbocycles. The number of hydrogen-bond acceptors (Lipinski definition) is 1. The van der Waals surface area contributed by atoms with Crippen LogP contribution in [0, 0.1) is 5.92 Å². The predicted octanol–water partition coefficient (Wildman–Crippen LogP) is 4.07. The van der Waals surface area contributed by atoms with Gasteiger partial charge in [-0.2, -0.15) is 0 Å². The molecule has 0 heterocycles. The third kappa shape index (κ3) is 2.77. The first-order chi connectivity index (χ1) is 7.58. The van der Waals surface area contributed by atoms with E-state index in [-0.39, 0.29) is 12.3 Å². The van der Waals surface area contributed by atoms with Gasteiger partial charge in [0.25, 0.3) is 0 Å². The molecule has 86 valence electrons. The molecule has 0 aromatic heterocycles. The van der Waals surface area contributed by atoms with E-state index in [0.717, 1.165) is 22.9 Å². The van der Waals surface area contributed by atoms with Crippen LogP contribution in [-0.4, -0.2) is 11.1 Å². The molecule has 1 aromatic rings. The van der Waals surface area contributed by atoms with Crippen LogP contribution in [0.4, 0.5) is 0 Å². The van der Waals surface area contributed by atoms with E-state index >= 15 is 0 Å². The van der Waals surface area contributed by atoms with Crippen LogP contribution in [0.25, 0.3) is 0 Å².